The van der Waals surface area contributed by atoms with Crippen molar-refractivity contribution < 1.29 is 0 Å². The van der Waals surface area contributed by atoms with Gasteiger partial charge in [0.05, 0.1) is 25.3 Å². The van der Waals surface area contributed by atoms with Crippen LogP contribution in [0.4, 0.5) is 0 Å². The fraction of sp³-hybridized carbons (Fsp3) is 0.111. The maximum Gasteiger partial charge on any atom is 0.271 e. The van der Waals surface area contributed by atoms with Crippen molar-refractivity contribution in [1.29, 1.82) is 10.5 Å². The summed E-state index contributed by atoms with van der Waals surface area (Å²) in [7, 11) is 0. The first-order valence-electron chi connectivity index (χ1n) is 6.81. The van der Waals surface area contributed by atoms with Crippen LogP contribution in [-0.2, 0) is 0 Å². The minimum Gasteiger partial charge on any atom is -0.226 e. The summed E-state index contributed by atoms with van der Waals surface area (Å²) in [6, 6.07) is 7.82. The average Bonchev–Trinajstić information content (AvgIpc) is 3.12. The summed E-state index contributed by atoms with van der Waals surface area (Å²) in [5.74, 6) is 0. The van der Waals surface area contributed by atoms with Gasteiger partial charge in [-0.1, -0.05) is 0 Å². The number of hydrogen-bond donors (Lipinski definition) is 0. The highest BCUT2D eigenvalue weighted by atomic mass is 32.1. The van der Waals surface area contributed by atoms with Gasteiger partial charge in [-0.25, -0.2) is 20.2 Å². The van der Waals surface area contributed by atoms with Crippen LogP contribution >= 0.6 is 22.7 Å². The van der Waals surface area contributed by atoms with Crippen molar-refractivity contribution in [2.75, 3.05) is 0 Å². The molecule has 1 aromatic carbocycles. The molecule has 0 saturated heterocycles. The SMILES string of the molecule is [C-]#[N+]C(C#N)=c1c2cc(C)sc2c(=C(C#N)[N+]#[C-])c2sc(C)cc12. The molecule has 0 radical (unpaired) electrons. The molecule has 0 aliphatic heterocycles. The fourth-order valence-corrected chi connectivity index (χ4v) is 4.97. The fourth-order valence-electron chi connectivity index (χ4n) is 2.76. The topological polar surface area (TPSA) is 56.3 Å². The summed E-state index contributed by atoms with van der Waals surface area (Å²) < 4.78 is 1.58. The number of fused-ring (bicyclic) bond motifs is 2. The summed E-state index contributed by atoms with van der Waals surface area (Å²) in [6.07, 6.45) is 0. The molecule has 4 nitrogen and oxygen atoms in total. The maximum absolute atomic E-state index is 9.39. The second-order valence-electron chi connectivity index (χ2n) is 5.09. The van der Waals surface area contributed by atoms with Crippen molar-refractivity contribution in [2.24, 2.45) is 0 Å². The first-order valence-corrected chi connectivity index (χ1v) is 8.45. The smallest absolute Gasteiger partial charge is 0.226 e. The van der Waals surface area contributed by atoms with E-state index < -0.39 is 0 Å². The van der Waals surface area contributed by atoms with Gasteiger partial charge < -0.3 is 0 Å². The van der Waals surface area contributed by atoms with E-state index in [0.29, 0.717) is 10.4 Å². The molecule has 0 saturated carbocycles. The van der Waals surface area contributed by atoms with Crippen molar-refractivity contribution in [3.8, 4) is 12.1 Å². The van der Waals surface area contributed by atoms with Crippen molar-refractivity contribution in [2.45, 2.75) is 13.8 Å². The standard InChI is InChI=1S/C18H8N4S2/c1-9-5-11-15(13(7-19)21-3)12-6-10(2)24-18(12)16(17(11)23-9)14(8-20)22-4/h5-6H,1-2H3. The van der Waals surface area contributed by atoms with Gasteiger partial charge in [-0.05, 0) is 36.8 Å². The highest BCUT2D eigenvalue weighted by Gasteiger charge is 2.16. The summed E-state index contributed by atoms with van der Waals surface area (Å²) >= 11 is 2.96. The first kappa shape index (κ1) is 15.7. The van der Waals surface area contributed by atoms with Crippen molar-refractivity contribution in [1.82, 2.24) is 0 Å². The van der Waals surface area contributed by atoms with Crippen molar-refractivity contribution in [3.63, 3.8) is 0 Å². The molecule has 0 fully saturated rings. The van der Waals surface area contributed by atoms with Crippen LogP contribution in [0.25, 0.3) is 41.3 Å². The molecule has 0 unspecified atom stereocenters. The minimum atomic E-state index is 0.0356. The molecule has 0 N–H and O–H groups in total. The van der Waals surface area contributed by atoms with Crippen LogP contribution in [0.3, 0.4) is 0 Å². The maximum atomic E-state index is 9.39. The summed E-state index contributed by atoms with van der Waals surface area (Å²) in [5.41, 5.74) is 0.0787. The van der Waals surface area contributed by atoms with E-state index in [2.05, 4.69) is 9.69 Å². The summed E-state index contributed by atoms with van der Waals surface area (Å²) in [4.78, 5) is 8.80. The third kappa shape index (κ3) is 2.15. The molecule has 112 valence electrons. The second-order valence-corrected chi connectivity index (χ2v) is 7.61. The van der Waals surface area contributed by atoms with Crippen molar-refractivity contribution >= 4 is 54.2 Å². The molecule has 3 rings (SSSR count). The van der Waals surface area contributed by atoms with Crippen LogP contribution in [0.5, 0.6) is 0 Å². The Morgan fingerprint density at radius 3 is 1.67 bits per heavy atom. The van der Waals surface area contributed by atoms with Gasteiger partial charge in [-0.15, -0.1) is 22.7 Å². The highest BCUT2D eigenvalue weighted by Crippen LogP contribution is 2.28. The normalized spacial score (nSPS) is 9.92. The van der Waals surface area contributed by atoms with E-state index in [-0.39, 0.29) is 11.4 Å². The van der Waals surface area contributed by atoms with E-state index in [4.69, 9.17) is 13.1 Å². The van der Waals surface area contributed by atoms with Gasteiger partial charge >= 0.3 is 0 Å². The lowest BCUT2D eigenvalue weighted by Crippen LogP contribution is -2.14. The predicted molar refractivity (Wildman–Crippen MR) is 97.2 cm³/mol. The molecule has 6 heteroatoms. The van der Waals surface area contributed by atoms with Gasteiger partial charge in [-0.2, -0.15) is 0 Å². The molecule has 0 bridgehead atoms. The number of benzene rings is 1. The molecule has 0 amide bonds. The third-order valence-corrected chi connectivity index (χ3v) is 5.75. The average molecular weight is 344 g/mol. The Bertz CT molecular complexity index is 1110. The Labute approximate surface area is 146 Å². The van der Waals surface area contributed by atoms with Crippen molar-refractivity contribution in [3.05, 3.63) is 55.2 Å². The van der Waals surface area contributed by atoms with E-state index in [1.165, 1.54) is 22.7 Å². The largest absolute Gasteiger partial charge is 0.271 e. The molecule has 0 spiro atoms. The minimum absolute atomic E-state index is 0.0356. The van der Waals surface area contributed by atoms with Crippen LogP contribution in [0.15, 0.2) is 12.1 Å². The van der Waals surface area contributed by atoms with E-state index in [9.17, 15) is 10.5 Å². The quantitative estimate of drug-likeness (QED) is 0.582. The zero-order valence-electron chi connectivity index (χ0n) is 12.8. The molecule has 3 aromatic rings. The molecule has 2 aromatic heterocycles. The van der Waals surface area contributed by atoms with Crippen LogP contribution in [0, 0.1) is 49.7 Å². The van der Waals surface area contributed by atoms with Gasteiger partial charge in [0.25, 0.3) is 11.4 Å². The van der Waals surface area contributed by atoms with Crippen LogP contribution in [0.2, 0.25) is 0 Å². The number of rotatable bonds is 0. The third-order valence-electron chi connectivity index (χ3n) is 3.61. The van der Waals surface area contributed by atoms with E-state index in [1.807, 2.05) is 38.1 Å². The zero-order chi connectivity index (χ0) is 17.4. The summed E-state index contributed by atoms with van der Waals surface area (Å²) in [5, 5.41) is 21.5. The van der Waals surface area contributed by atoms with Gasteiger partial charge in [0, 0.05) is 29.6 Å². The van der Waals surface area contributed by atoms with Gasteiger partial charge in [-0.3, -0.25) is 0 Å². The molecular weight excluding hydrogens is 336 g/mol. The Morgan fingerprint density at radius 1 is 0.875 bits per heavy atom. The Balaban J connectivity index is 2.93. The van der Waals surface area contributed by atoms with Crippen LogP contribution in [-0.4, -0.2) is 0 Å². The van der Waals surface area contributed by atoms with E-state index in [0.717, 1.165) is 29.9 Å². The summed E-state index contributed by atoms with van der Waals surface area (Å²) in [6.45, 7) is 18.6. The number of hydrogen-bond acceptors (Lipinski definition) is 4. The molecule has 2 heterocycles. The Hall–Kier alpha value is -3.16. The number of aryl methyl sites for hydroxylation is 2. The van der Waals surface area contributed by atoms with Gasteiger partial charge in [0.15, 0.2) is 0 Å². The lowest BCUT2D eigenvalue weighted by atomic mass is 10.1. The van der Waals surface area contributed by atoms with E-state index in [1.54, 1.807) is 0 Å². The van der Waals surface area contributed by atoms with Crippen LogP contribution < -0.4 is 10.4 Å². The number of nitrogens with zero attached hydrogens (tertiary/aromatic N) is 4. The second kappa shape index (κ2) is 5.80. The number of nitriles is 2. The predicted octanol–water partition coefficient (Wildman–Crippen LogP) is 3.83. The highest BCUT2D eigenvalue weighted by molar-refractivity contribution is 7.21. The number of thiophene rings is 2. The van der Waals surface area contributed by atoms with Gasteiger partial charge in [0.1, 0.15) is 0 Å². The lowest BCUT2D eigenvalue weighted by Gasteiger charge is -2.00. The molecule has 0 aliphatic rings. The first-order chi connectivity index (χ1) is 11.5. The Morgan fingerprint density at radius 2 is 1.29 bits per heavy atom. The van der Waals surface area contributed by atoms with E-state index >= 15 is 0 Å². The lowest BCUT2D eigenvalue weighted by molar-refractivity contribution is 1.53. The molecule has 0 atom stereocenters. The Kier molecular flexibility index (Phi) is 3.80. The zero-order valence-corrected chi connectivity index (χ0v) is 14.4. The molecule has 0 aliphatic carbocycles. The monoisotopic (exact) mass is 344 g/mol. The molecule has 24 heavy (non-hydrogen) atoms. The van der Waals surface area contributed by atoms with Gasteiger partial charge in [0.2, 0.25) is 0 Å². The molecular formula is C18H8N4S2. The van der Waals surface area contributed by atoms with Crippen LogP contribution in [0.1, 0.15) is 9.75 Å².